The van der Waals surface area contributed by atoms with Crippen molar-refractivity contribution in [2.24, 2.45) is 17.6 Å². The van der Waals surface area contributed by atoms with Crippen molar-refractivity contribution in [3.8, 4) is 0 Å². The number of hydrogen-bond acceptors (Lipinski definition) is 3. The van der Waals surface area contributed by atoms with Crippen LogP contribution in [0, 0.1) is 11.8 Å². The van der Waals surface area contributed by atoms with Crippen molar-refractivity contribution in [2.75, 3.05) is 31.1 Å². The third kappa shape index (κ3) is 2.89. The van der Waals surface area contributed by atoms with Gasteiger partial charge in [0.1, 0.15) is 0 Å². The second kappa shape index (κ2) is 5.55. The number of likely N-dealkylation sites (tertiary alicyclic amines) is 1. The first-order chi connectivity index (χ1) is 7.31. The van der Waals surface area contributed by atoms with Crippen molar-refractivity contribution in [1.29, 1.82) is 0 Å². The maximum absolute atomic E-state index is 5.98. The lowest BCUT2D eigenvalue weighted by Crippen LogP contribution is -2.49. The molecule has 2 N–H and O–H groups in total. The van der Waals surface area contributed by atoms with Gasteiger partial charge in [0.15, 0.2) is 0 Å². The summed E-state index contributed by atoms with van der Waals surface area (Å²) in [5.74, 6) is 4.43. The highest BCUT2D eigenvalue weighted by Gasteiger charge is 2.31. The summed E-state index contributed by atoms with van der Waals surface area (Å²) in [6.07, 6.45) is 4.17. The third-order valence-electron chi connectivity index (χ3n) is 3.91. The molecule has 2 aliphatic rings. The molecule has 0 aliphatic carbocycles. The maximum Gasteiger partial charge on any atom is 0.0254 e. The summed E-state index contributed by atoms with van der Waals surface area (Å²) in [7, 11) is 0. The van der Waals surface area contributed by atoms with Crippen LogP contribution in [0.2, 0.25) is 0 Å². The van der Waals surface area contributed by atoms with Gasteiger partial charge in [-0.25, -0.2) is 0 Å². The first-order valence-corrected chi connectivity index (χ1v) is 7.48. The van der Waals surface area contributed by atoms with Crippen molar-refractivity contribution >= 4 is 11.8 Å². The van der Waals surface area contributed by atoms with Crippen molar-refractivity contribution in [1.82, 2.24) is 4.90 Å². The number of thioether (sulfide) groups is 1. The predicted octanol–water partition coefficient (Wildman–Crippen LogP) is 1.80. The van der Waals surface area contributed by atoms with E-state index in [9.17, 15) is 0 Å². The van der Waals surface area contributed by atoms with E-state index in [4.69, 9.17) is 5.73 Å². The molecular formula is C12H24N2S. The highest BCUT2D eigenvalue weighted by molar-refractivity contribution is 7.99. The Morgan fingerprint density at radius 3 is 2.93 bits per heavy atom. The van der Waals surface area contributed by atoms with Crippen LogP contribution in [-0.2, 0) is 0 Å². The van der Waals surface area contributed by atoms with Gasteiger partial charge in [0, 0.05) is 19.1 Å². The summed E-state index contributed by atoms with van der Waals surface area (Å²) in [5.41, 5.74) is 5.98. The van der Waals surface area contributed by atoms with Gasteiger partial charge in [-0.1, -0.05) is 6.92 Å². The number of hydrogen-bond donors (Lipinski definition) is 1. The van der Waals surface area contributed by atoms with Gasteiger partial charge in [0.05, 0.1) is 0 Å². The van der Waals surface area contributed by atoms with Crippen molar-refractivity contribution in [3.63, 3.8) is 0 Å². The van der Waals surface area contributed by atoms with E-state index in [1.165, 1.54) is 43.9 Å². The highest BCUT2D eigenvalue weighted by Crippen LogP contribution is 2.30. The number of nitrogens with zero attached hydrogens (tertiary/aromatic N) is 1. The fourth-order valence-electron chi connectivity index (χ4n) is 3.02. The van der Waals surface area contributed by atoms with Gasteiger partial charge in [-0.05, 0) is 49.1 Å². The Bertz CT molecular complexity index is 192. The summed E-state index contributed by atoms with van der Waals surface area (Å²) < 4.78 is 0. The molecule has 0 amide bonds. The number of piperidine rings is 1. The average Bonchev–Trinajstić information content (AvgIpc) is 2.72. The van der Waals surface area contributed by atoms with E-state index in [2.05, 4.69) is 23.6 Å². The third-order valence-corrected chi connectivity index (χ3v) is 5.10. The average molecular weight is 228 g/mol. The Morgan fingerprint density at radius 2 is 2.33 bits per heavy atom. The fraction of sp³-hybridized carbons (Fsp3) is 1.00. The molecular weight excluding hydrogens is 204 g/mol. The zero-order valence-corrected chi connectivity index (χ0v) is 10.6. The molecule has 2 rings (SSSR count). The van der Waals surface area contributed by atoms with Crippen LogP contribution in [0.1, 0.15) is 26.2 Å². The van der Waals surface area contributed by atoms with Gasteiger partial charge in [-0.15, -0.1) is 0 Å². The Morgan fingerprint density at radius 1 is 1.47 bits per heavy atom. The van der Waals surface area contributed by atoms with Crippen molar-refractivity contribution in [2.45, 2.75) is 32.2 Å². The quantitative estimate of drug-likeness (QED) is 0.799. The summed E-state index contributed by atoms with van der Waals surface area (Å²) in [6.45, 7) is 5.80. The molecule has 2 saturated heterocycles. The Labute approximate surface area is 98.0 Å². The summed E-state index contributed by atoms with van der Waals surface area (Å²) >= 11 is 2.11. The molecule has 0 aromatic rings. The summed E-state index contributed by atoms with van der Waals surface area (Å²) in [6, 6.07) is 0.669. The molecule has 3 atom stereocenters. The largest absolute Gasteiger partial charge is 0.329 e. The van der Waals surface area contributed by atoms with E-state index >= 15 is 0 Å². The Kier molecular flexibility index (Phi) is 4.35. The molecule has 2 heterocycles. The lowest BCUT2D eigenvalue weighted by Gasteiger charge is -2.39. The minimum atomic E-state index is 0.669. The van der Waals surface area contributed by atoms with Crippen LogP contribution in [0.4, 0.5) is 0 Å². The number of rotatable bonds is 3. The Balaban J connectivity index is 1.92. The van der Waals surface area contributed by atoms with Crippen molar-refractivity contribution < 1.29 is 0 Å². The van der Waals surface area contributed by atoms with E-state index in [-0.39, 0.29) is 0 Å². The minimum Gasteiger partial charge on any atom is -0.329 e. The molecule has 15 heavy (non-hydrogen) atoms. The van der Waals surface area contributed by atoms with Crippen LogP contribution < -0.4 is 5.73 Å². The molecule has 0 aromatic carbocycles. The van der Waals surface area contributed by atoms with Crippen LogP contribution in [0.25, 0.3) is 0 Å². The van der Waals surface area contributed by atoms with E-state index in [0.717, 1.165) is 18.4 Å². The van der Waals surface area contributed by atoms with Crippen LogP contribution in [0.3, 0.4) is 0 Å². The van der Waals surface area contributed by atoms with Gasteiger partial charge < -0.3 is 5.73 Å². The van der Waals surface area contributed by atoms with Gasteiger partial charge in [-0.3, -0.25) is 4.90 Å². The SMILES string of the molecule is CC1CCCN(C(CN)C2CCSC2)C1. The van der Waals surface area contributed by atoms with Crippen LogP contribution in [-0.4, -0.2) is 42.1 Å². The molecule has 0 saturated carbocycles. The van der Waals surface area contributed by atoms with E-state index < -0.39 is 0 Å². The van der Waals surface area contributed by atoms with Gasteiger partial charge >= 0.3 is 0 Å². The number of nitrogens with two attached hydrogens (primary N) is 1. The first-order valence-electron chi connectivity index (χ1n) is 6.33. The van der Waals surface area contributed by atoms with E-state index in [0.29, 0.717) is 6.04 Å². The van der Waals surface area contributed by atoms with Crippen LogP contribution in [0.15, 0.2) is 0 Å². The van der Waals surface area contributed by atoms with E-state index in [1.54, 1.807) is 0 Å². The second-order valence-corrected chi connectivity index (χ2v) is 6.32. The van der Waals surface area contributed by atoms with Crippen molar-refractivity contribution in [3.05, 3.63) is 0 Å². The summed E-state index contributed by atoms with van der Waals surface area (Å²) in [4.78, 5) is 2.67. The van der Waals surface area contributed by atoms with Gasteiger partial charge in [0.2, 0.25) is 0 Å². The molecule has 88 valence electrons. The molecule has 0 spiro atoms. The molecule has 2 nitrogen and oxygen atoms in total. The zero-order valence-electron chi connectivity index (χ0n) is 9.82. The second-order valence-electron chi connectivity index (χ2n) is 5.17. The molecule has 3 heteroatoms. The zero-order chi connectivity index (χ0) is 10.7. The molecule has 0 bridgehead atoms. The topological polar surface area (TPSA) is 29.3 Å². The van der Waals surface area contributed by atoms with Gasteiger partial charge in [-0.2, -0.15) is 11.8 Å². The minimum absolute atomic E-state index is 0.669. The highest BCUT2D eigenvalue weighted by atomic mass is 32.2. The molecule has 2 fully saturated rings. The van der Waals surface area contributed by atoms with Gasteiger partial charge in [0.25, 0.3) is 0 Å². The summed E-state index contributed by atoms with van der Waals surface area (Å²) in [5, 5.41) is 0. The fourth-order valence-corrected chi connectivity index (χ4v) is 4.35. The standard InChI is InChI=1S/C12H24N2S/c1-10-3-2-5-14(8-10)12(7-13)11-4-6-15-9-11/h10-12H,2-9,13H2,1H3. The molecule has 3 unspecified atom stereocenters. The molecule has 2 aliphatic heterocycles. The predicted molar refractivity (Wildman–Crippen MR) is 68.2 cm³/mol. The maximum atomic E-state index is 5.98. The smallest absolute Gasteiger partial charge is 0.0254 e. The first kappa shape index (κ1) is 11.7. The molecule has 0 aromatic heterocycles. The molecule has 0 radical (unpaired) electrons. The monoisotopic (exact) mass is 228 g/mol. The van der Waals surface area contributed by atoms with E-state index in [1.807, 2.05) is 0 Å². The van der Waals surface area contributed by atoms with Crippen LogP contribution in [0.5, 0.6) is 0 Å². The lowest BCUT2D eigenvalue weighted by atomic mass is 9.92. The van der Waals surface area contributed by atoms with Crippen LogP contribution >= 0.6 is 11.8 Å². The Hall–Kier alpha value is 0.270. The lowest BCUT2D eigenvalue weighted by molar-refractivity contribution is 0.102. The normalized spacial score (nSPS) is 35.6.